The smallest absolute Gasteiger partial charge is 0.181 e. The number of carbonyl (C=O) groups excluding carboxylic acids is 2. The number of fused-ring (bicyclic) bond motifs is 1. The van der Waals surface area contributed by atoms with Crippen molar-refractivity contribution in [3.05, 3.63) is 51.7 Å². The van der Waals surface area contributed by atoms with Crippen molar-refractivity contribution in [3.63, 3.8) is 0 Å². The number of aromatic nitrogens is 1. The number of ketones is 2. The zero-order chi connectivity index (χ0) is 25.7. The van der Waals surface area contributed by atoms with Gasteiger partial charge in [0.2, 0.25) is 0 Å². The lowest BCUT2D eigenvalue weighted by molar-refractivity contribution is -0.126. The van der Waals surface area contributed by atoms with Crippen molar-refractivity contribution >= 4 is 33.1 Å². The van der Waals surface area contributed by atoms with Crippen LogP contribution in [-0.4, -0.2) is 47.5 Å². The molecule has 0 bridgehead atoms. The molecule has 0 spiro atoms. The Morgan fingerprint density at radius 1 is 1.09 bits per heavy atom. The fraction of sp³-hybridized carbons (Fsp3) is 0.536. The number of Topliss-reactive ketones (excluding diaryl/α,β-unsaturated/α-hetero) is 2. The molecule has 186 valence electrons. The van der Waals surface area contributed by atoms with Gasteiger partial charge >= 0.3 is 0 Å². The average molecular weight is 484 g/mol. The molecule has 1 atom stereocenters. The topological polar surface area (TPSA) is 53.5 Å². The van der Waals surface area contributed by atoms with Crippen LogP contribution in [0.2, 0.25) is 0 Å². The van der Waals surface area contributed by atoms with Gasteiger partial charge in [0, 0.05) is 25.4 Å². The number of carbonyl (C=O) groups is 2. The molecule has 1 heterocycles. The van der Waals surface area contributed by atoms with Gasteiger partial charge in [-0.25, -0.2) is 4.98 Å². The Hall–Kier alpha value is -2.31. The normalized spacial score (nSPS) is 13.9. The molecule has 2 rings (SSSR count). The summed E-state index contributed by atoms with van der Waals surface area (Å²) in [6, 6.07) is 3.86. The number of thiazole rings is 1. The summed E-state index contributed by atoms with van der Waals surface area (Å²) in [7, 11) is 5.88. The van der Waals surface area contributed by atoms with Crippen molar-refractivity contribution < 1.29 is 9.59 Å². The van der Waals surface area contributed by atoms with Crippen molar-refractivity contribution in [2.75, 3.05) is 21.1 Å². The Balaban J connectivity index is 2.67. The van der Waals surface area contributed by atoms with Crippen LogP contribution in [0.15, 0.2) is 35.6 Å². The van der Waals surface area contributed by atoms with Crippen molar-refractivity contribution in [1.29, 1.82) is 0 Å². The molecule has 0 saturated heterocycles. The summed E-state index contributed by atoms with van der Waals surface area (Å²) in [6.45, 7) is 14.4. The fourth-order valence-corrected chi connectivity index (χ4v) is 5.21. The first kappa shape index (κ1) is 27.9. The van der Waals surface area contributed by atoms with Gasteiger partial charge < -0.3 is 4.90 Å². The first-order chi connectivity index (χ1) is 15.9. The lowest BCUT2D eigenvalue weighted by atomic mass is 9.93. The Morgan fingerprint density at radius 2 is 1.74 bits per heavy atom. The number of benzene rings is 1. The zero-order valence-electron chi connectivity index (χ0n) is 22.5. The minimum absolute atomic E-state index is 0.0717. The number of nitrogens with zero attached hydrogens (tertiary/aromatic N) is 3. The van der Waals surface area contributed by atoms with E-state index in [0.717, 1.165) is 44.0 Å². The highest BCUT2D eigenvalue weighted by atomic mass is 32.1. The Kier molecular flexibility index (Phi) is 9.77. The van der Waals surface area contributed by atoms with Gasteiger partial charge in [-0.1, -0.05) is 52.8 Å². The van der Waals surface area contributed by atoms with Gasteiger partial charge in [0.05, 0.1) is 27.0 Å². The van der Waals surface area contributed by atoms with Crippen LogP contribution in [0.25, 0.3) is 10.2 Å². The molecule has 0 aliphatic carbocycles. The predicted octanol–water partition coefficient (Wildman–Crippen LogP) is 6.33. The Labute approximate surface area is 209 Å². The van der Waals surface area contributed by atoms with Crippen molar-refractivity contribution in [2.24, 2.45) is 11.8 Å². The zero-order valence-corrected chi connectivity index (χ0v) is 23.3. The van der Waals surface area contributed by atoms with Crippen molar-refractivity contribution in [1.82, 2.24) is 14.8 Å². The van der Waals surface area contributed by atoms with E-state index >= 15 is 0 Å². The Bertz CT molecular complexity index is 1090. The number of likely N-dealkylation sites (N-methyl/N-ethyl adjacent to an activating group) is 2. The van der Waals surface area contributed by atoms with Crippen molar-refractivity contribution in [2.45, 2.75) is 67.5 Å². The minimum atomic E-state index is -0.336. The summed E-state index contributed by atoms with van der Waals surface area (Å²) in [5.41, 5.74) is 4.76. The first-order valence-corrected chi connectivity index (χ1v) is 13.0. The van der Waals surface area contributed by atoms with Crippen LogP contribution in [0.1, 0.15) is 70.1 Å². The monoisotopic (exact) mass is 483 g/mol. The van der Waals surface area contributed by atoms with Crippen LogP contribution in [0.5, 0.6) is 0 Å². The number of hydrogen-bond acceptors (Lipinski definition) is 6. The maximum absolute atomic E-state index is 13.3. The lowest BCUT2D eigenvalue weighted by Gasteiger charge is -2.28. The highest BCUT2D eigenvalue weighted by Crippen LogP contribution is 2.33. The summed E-state index contributed by atoms with van der Waals surface area (Å²) in [4.78, 5) is 35.2. The molecule has 0 N–H and O–H groups in total. The van der Waals surface area contributed by atoms with Crippen LogP contribution in [-0.2, 0) is 16.1 Å². The summed E-state index contributed by atoms with van der Waals surface area (Å²) in [5.74, 6) is 0.166. The molecule has 1 aromatic heterocycles. The minimum Gasteiger partial charge on any atom is -0.367 e. The molecule has 0 radical (unpaired) electrons. The molecular weight excluding hydrogens is 442 g/mol. The highest BCUT2D eigenvalue weighted by molar-refractivity contribution is 7.18. The van der Waals surface area contributed by atoms with E-state index in [4.69, 9.17) is 4.98 Å². The predicted molar refractivity (Wildman–Crippen MR) is 144 cm³/mol. The van der Waals surface area contributed by atoms with Crippen LogP contribution in [0.3, 0.4) is 0 Å². The molecule has 0 aliphatic rings. The van der Waals surface area contributed by atoms with E-state index in [9.17, 15) is 9.59 Å². The second-order valence-electron chi connectivity index (χ2n) is 9.79. The van der Waals surface area contributed by atoms with Gasteiger partial charge in [-0.15, -0.1) is 11.3 Å². The summed E-state index contributed by atoms with van der Waals surface area (Å²) < 4.78 is 1.11. The molecule has 2 aromatic rings. The number of rotatable bonds is 11. The third kappa shape index (κ3) is 6.22. The molecule has 1 aromatic carbocycles. The molecule has 6 heteroatoms. The van der Waals surface area contributed by atoms with Gasteiger partial charge in [0.1, 0.15) is 0 Å². The number of hydrogen-bond donors (Lipinski definition) is 0. The van der Waals surface area contributed by atoms with Gasteiger partial charge in [0.15, 0.2) is 11.6 Å². The van der Waals surface area contributed by atoms with E-state index in [1.807, 2.05) is 79.7 Å². The second-order valence-corrected chi connectivity index (χ2v) is 11.0. The van der Waals surface area contributed by atoms with E-state index in [1.165, 1.54) is 0 Å². The maximum Gasteiger partial charge on any atom is 0.181 e. The molecular formula is C28H41N3O2S. The average Bonchev–Trinajstić information content (AvgIpc) is 3.13. The molecule has 0 aliphatic heterocycles. The summed E-state index contributed by atoms with van der Waals surface area (Å²) >= 11 is 1.66. The van der Waals surface area contributed by atoms with Gasteiger partial charge in [-0.2, -0.15) is 0 Å². The molecule has 0 fully saturated rings. The molecule has 1 unspecified atom stereocenters. The lowest BCUT2D eigenvalue weighted by Crippen LogP contribution is -2.31. The third-order valence-corrected chi connectivity index (χ3v) is 7.03. The summed E-state index contributed by atoms with van der Waals surface area (Å²) in [5, 5.41) is 0.991. The first-order valence-electron chi connectivity index (χ1n) is 12.1. The SMILES string of the molecule is CC=C/C(CC)=C(/C(=O)C(C)C)N(C)Cc1cc(C(C(=O)C(C)C)N(C)C)cc2nc(C)sc12. The Morgan fingerprint density at radius 3 is 2.24 bits per heavy atom. The van der Waals surface area contributed by atoms with E-state index in [-0.39, 0.29) is 29.4 Å². The van der Waals surface area contributed by atoms with Crippen LogP contribution in [0, 0.1) is 18.8 Å². The second kappa shape index (κ2) is 11.9. The highest BCUT2D eigenvalue weighted by Gasteiger charge is 2.27. The van der Waals surface area contributed by atoms with Gasteiger partial charge in [-0.3, -0.25) is 14.5 Å². The number of allylic oxidation sites excluding steroid dienone is 4. The fourth-order valence-electron chi connectivity index (χ4n) is 4.31. The van der Waals surface area contributed by atoms with Gasteiger partial charge in [-0.05, 0) is 57.1 Å². The van der Waals surface area contributed by atoms with Crippen LogP contribution >= 0.6 is 11.3 Å². The maximum atomic E-state index is 13.3. The van der Waals surface area contributed by atoms with E-state index in [1.54, 1.807) is 11.3 Å². The van der Waals surface area contributed by atoms with E-state index in [0.29, 0.717) is 6.54 Å². The standard InChI is InChI=1S/C28H41N3O2S/c1-11-13-20(12-2)25(27(33)18(5)6)31(10)16-22-14-21(15-23-28(22)34-19(7)29-23)24(30(8)9)26(32)17(3)4/h11,13-15,17-18,24H,12,16H2,1-10H3/b13-11?,25-20-. The van der Waals surface area contributed by atoms with Crippen LogP contribution in [0.4, 0.5) is 0 Å². The van der Waals surface area contributed by atoms with Gasteiger partial charge in [0.25, 0.3) is 0 Å². The third-order valence-electron chi connectivity index (χ3n) is 5.97. The number of aryl methyl sites for hydroxylation is 1. The van der Waals surface area contributed by atoms with Crippen molar-refractivity contribution in [3.8, 4) is 0 Å². The molecule has 0 amide bonds. The molecule has 34 heavy (non-hydrogen) atoms. The molecule has 0 saturated carbocycles. The largest absolute Gasteiger partial charge is 0.367 e. The van der Waals surface area contributed by atoms with E-state index < -0.39 is 0 Å². The molecule has 5 nitrogen and oxygen atoms in total. The quantitative estimate of drug-likeness (QED) is 0.276. The summed E-state index contributed by atoms with van der Waals surface area (Å²) in [6.07, 6.45) is 4.81. The van der Waals surface area contributed by atoms with Crippen LogP contribution < -0.4 is 0 Å². The van der Waals surface area contributed by atoms with E-state index in [2.05, 4.69) is 24.0 Å².